The van der Waals surface area contributed by atoms with E-state index in [1.165, 1.54) is 0 Å². The van der Waals surface area contributed by atoms with Gasteiger partial charge in [0.15, 0.2) is 0 Å². The van der Waals surface area contributed by atoms with Gasteiger partial charge in [-0.1, -0.05) is 6.92 Å². The van der Waals surface area contributed by atoms with Crippen LogP contribution in [-0.4, -0.2) is 28.4 Å². The Hall–Kier alpha value is -1.26. The van der Waals surface area contributed by atoms with Gasteiger partial charge in [0, 0.05) is 20.1 Å². The average molecular weight is 167 g/mol. The molecule has 0 fully saturated rings. The summed E-state index contributed by atoms with van der Waals surface area (Å²) in [5, 5.41) is 10.4. The molecule has 5 nitrogen and oxygen atoms in total. The molecule has 66 valence electrons. The van der Waals surface area contributed by atoms with Crippen molar-refractivity contribution >= 4 is 11.9 Å². The number of rotatable bonds is 1. The minimum absolute atomic E-state index is 0.629. The van der Waals surface area contributed by atoms with E-state index in [-0.39, 0.29) is 0 Å². The van der Waals surface area contributed by atoms with Crippen molar-refractivity contribution < 1.29 is 0 Å². The zero-order valence-electron chi connectivity index (χ0n) is 7.33. The Balaban J connectivity index is 2.28. The predicted octanol–water partition coefficient (Wildman–Crippen LogP) is 0.381. The second-order valence-corrected chi connectivity index (χ2v) is 3.18. The average Bonchev–Trinajstić information content (AvgIpc) is 2.46. The van der Waals surface area contributed by atoms with Gasteiger partial charge in [-0.2, -0.15) is 4.98 Å². The highest BCUT2D eigenvalue weighted by Gasteiger charge is 2.16. The molecule has 1 atom stereocenters. The molecule has 1 aliphatic rings. The third kappa shape index (κ3) is 1.11. The van der Waals surface area contributed by atoms with E-state index in [4.69, 9.17) is 0 Å². The first-order valence-corrected chi connectivity index (χ1v) is 4.16. The molecule has 2 N–H and O–H groups in total. The summed E-state index contributed by atoms with van der Waals surface area (Å²) in [6.45, 7) is 4.13. The molecule has 2 heterocycles. The van der Waals surface area contributed by atoms with Gasteiger partial charge in [0.1, 0.15) is 0 Å². The van der Waals surface area contributed by atoms with Gasteiger partial charge in [-0.25, -0.2) is 4.68 Å². The van der Waals surface area contributed by atoms with E-state index in [1.54, 1.807) is 0 Å². The summed E-state index contributed by atoms with van der Waals surface area (Å²) in [5.74, 6) is 2.19. The number of aromatic nitrogens is 3. The highest BCUT2D eigenvalue weighted by Crippen LogP contribution is 2.16. The Labute approximate surface area is 71.2 Å². The highest BCUT2D eigenvalue weighted by molar-refractivity contribution is 5.35. The summed E-state index contributed by atoms with van der Waals surface area (Å²) < 4.78 is 1.90. The van der Waals surface area contributed by atoms with Gasteiger partial charge in [0.05, 0.1) is 0 Å². The van der Waals surface area contributed by atoms with Gasteiger partial charge in [-0.05, 0) is 5.92 Å². The molecule has 0 saturated carbocycles. The number of nitrogens with zero attached hydrogens (tertiary/aromatic N) is 3. The molecule has 12 heavy (non-hydrogen) atoms. The molecule has 0 spiro atoms. The number of hydrogen-bond donors (Lipinski definition) is 2. The topological polar surface area (TPSA) is 54.8 Å². The maximum atomic E-state index is 4.25. The van der Waals surface area contributed by atoms with Crippen LogP contribution in [0.25, 0.3) is 0 Å². The van der Waals surface area contributed by atoms with Gasteiger partial charge in [-0.15, -0.1) is 5.10 Å². The van der Waals surface area contributed by atoms with E-state index in [0.29, 0.717) is 11.9 Å². The second kappa shape index (κ2) is 2.66. The zero-order valence-corrected chi connectivity index (χ0v) is 7.33. The fourth-order valence-electron chi connectivity index (χ4n) is 1.33. The first kappa shape index (κ1) is 7.39. The molecule has 1 unspecified atom stereocenters. The maximum Gasteiger partial charge on any atom is 0.243 e. The highest BCUT2D eigenvalue weighted by atomic mass is 15.4. The number of hydrogen-bond acceptors (Lipinski definition) is 4. The van der Waals surface area contributed by atoms with Crippen LogP contribution in [0.1, 0.15) is 6.92 Å². The van der Waals surface area contributed by atoms with Crippen molar-refractivity contribution in [2.75, 3.05) is 24.2 Å². The lowest BCUT2D eigenvalue weighted by Crippen LogP contribution is -2.25. The van der Waals surface area contributed by atoms with Crippen molar-refractivity contribution in [3.05, 3.63) is 0 Å². The minimum Gasteiger partial charge on any atom is -0.356 e. The van der Waals surface area contributed by atoms with E-state index in [0.717, 1.165) is 19.0 Å². The van der Waals surface area contributed by atoms with E-state index in [9.17, 15) is 0 Å². The molecule has 0 amide bonds. The first-order chi connectivity index (χ1) is 5.79. The Bertz CT molecular complexity index is 279. The lowest BCUT2D eigenvalue weighted by Gasteiger charge is -2.19. The maximum absolute atomic E-state index is 4.25. The van der Waals surface area contributed by atoms with E-state index in [2.05, 4.69) is 27.6 Å². The van der Waals surface area contributed by atoms with Gasteiger partial charge in [-0.3, -0.25) is 0 Å². The Morgan fingerprint density at radius 1 is 1.67 bits per heavy atom. The molecule has 5 heteroatoms. The van der Waals surface area contributed by atoms with Crippen LogP contribution in [0.3, 0.4) is 0 Å². The predicted molar refractivity (Wildman–Crippen MR) is 47.2 cm³/mol. The summed E-state index contributed by atoms with van der Waals surface area (Å²) in [7, 11) is 1.82. The SMILES string of the molecule is CNc1nc2n(n1)CC(C)CN2. The van der Waals surface area contributed by atoms with Crippen molar-refractivity contribution in [3.63, 3.8) is 0 Å². The molecular formula is C7H13N5. The first-order valence-electron chi connectivity index (χ1n) is 4.16. The molecule has 0 saturated heterocycles. The van der Waals surface area contributed by atoms with Crippen LogP contribution in [0.5, 0.6) is 0 Å². The summed E-state index contributed by atoms with van der Waals surface area (Å²) in [5.41, 5.74) is 0. The molecule has 0 aliphatic carbocycles. The quantitative estimate of drug-likeness (QED) is 0.635. The summed E-state index contributed by atoms with van der Waals surface area (Å²) >= 11 is 0. The third-order valence-electron chi connectivity index (χ3n) is 1.99. The molecule has 1 aromatic rings. The van der Waals surface area contributed by atoms with E-state index in [1.807, 2.05) is 11.7 Å². The van der Waals surface area contributed by atoms with Crippen LogP contribution in [0.15, 0.2) is 0 Å². The van der Waals surface area contributed by atoms with Crippen LogP contribution < -0.4 is 10.6 Å². The van der Waals surface area contributed by atoms with Crippen molar-refractivity contribution in [2.24, 2.45) is 5.92 Å². The van der Waals surface area contributed by atoms with E-state index < -0.39 is 0 Å². The van der Waals surface area contributed by atoms with Gasteiger partial charge < -0.3 is 10.6 Å². The summed E-state index contributed by atoms with van der Waals surface area (Å²) in [6, 6.07) is 0. The summed E-state index contributed by atoms with van der Waals surface area (Å²) in [6.07, 6.45) is 0. The second-order valence-electron chi connectivity index (χ2n) is 3.18. The van der Waals surface area contributed by atoms with Crippen molar-refractivity contribution in [1.82, 2.24) is 14.8 Å². The van der Waals surface area contributed by atoms with Gasteiger partial charge >= 0.3 is 0 Å². The Morgan fingerprint density at radius 3 is 3.25 bits per heavy atom. The number of nitrogens with one attached hydrogen (secondary N) is 2. The molecule has 0 bridgehead atoms. The molecule has 0 radical (unpaired) electrons. The molecular weight excluding hydrogens is 154 g/mol. The van der Waals surface area contributed by atoms with Crippen LogP contribution in [0, 0.1) is 5.92 Å². The molecule has 2 rings (SSSR count). The van der Waals surface area contributed by atoms with Gasteiger partial charge in [0.2, 0.25) is 11.9 Å². The fourth-order valence-corrected chi connectivity index (χ4v) is 1.33. The number of anilines is 2. The van der Waals surface area contributed by atoms with Gasteiger partial charge in [0.25, 0.3) is 0 Å². The fraction of sp³-hybridized carbons (Fsp3) is 0.714. The van der Waals surface area contributed by atoms with Crippen LogP contribution in [0.2, 0.25) is 0 Å². The number of fused-ring (bicyclic) bond motifs is 1. The van der Waals surface area contributed by atoms with Crippen LogP contribution in [-0.2, 0) is 6.54 Å². The van der Waals surface area contributed by atoms with Crippen LogP contribution >= 0.6 is 0 Å². The van der Waals surface area contributed by atoms with Crippen LogP contribution in [0.4, 0.5) is 11.9 Å². The molecule has 1 aliphatic heterocycles. The van der Waals surface area contributed by atoms with Crippen molar-refractivity contribution in [3.8, 4) is 0 Å². The lowest BCUT2D eigenvalue weighted by molar-refractivity contribution is 0.444. The smallest absolute Gasteiger partial charge is 0.243 e. The molecule has 0 aromatic carbocycles. The summed E-state index contributed by atoms with van der Waals surface area (Å²) in [4.78, 5) is 4.23. The standard InChI is InChI=1S/C7H13N5/c1-5-3-9-7-10-6(8-2)11-12(7)4-5/h5H,3-4H2,1-2H3,(H2,8,9,10,11). The lowest BCUT2D eigenvalue weighted by atomic mass is 10.1. The Kier molecular flexibility index (Phi) is 1.64. The van der Waals surface area contributed by atoms with E-state index >= 15 is 0 Å². The van der Waals surface area contributed by atoms with Crippen molar-refractivity contribution in [1.29, 1.82) is 0 Å². The largest absolute Gasteiger partial charge is 0.356 e. The minimum atomic E-state index is 0.629. The molecule has 1 aromatic heterocycles. The zero-order chi connectivity index (χ0) is 8.55. The Morgan fingerprint density at radius 2 is 2.50 bits per heavy atom. The third-order valence-corrected chi connectivity index (χ3v) is 1.99. The normalized spacial score (nSPS) is 21.3. The monoisotopic (exact) mass is 167 g/mol. The van der Waals surface area contributed by atoms with Crippen molar-refractivity contribution in [2.45, 2.75) is 13.5 Å².